The van der Waals surface area contributed by atoms with Crippen LogP contribution in [-0.2, 0) is 4.79 Å². The van der Waals surface area contributed by atoms with E-state index in [-0.39, 0.29) is 5.41 Å². The van der Waals surface area contributed by atoms with Crippen LogP contribution in [0.3, 0.4) is 0 Å². The summed E-state index contributed by atoms with van der Waals surface area (Å²) >= 11 is 5.12. The number of anilines is 1. The SMILES string of the molecule is CC1(C)CSCC(Nc2cccc(Br)c2)(C(=O)O)C1. The lowest BCUT2D eigenvalue weighted by Gasteiger charge is -2.42. The second kappa shape index (κ2) is 5.37. The summed E-state index contributed by atoms with van der Waals surface area (Å²) in [4.78, 5) is 11.8. The summed E-state index contributed by atoms with van der Waals surface area (Å²) in [5.74, 6) is 0.827. The maximum absolute atomic E-state index is 11.8. The number of carboxylic acids is 1. The molecule has 0 bridgehead atoms. The molecule has 3 nitrogen and oxygen atoms in total. The zero-order chi connectivity index (χ0) is 14.1. The van der Waals surface area contributed by atoms with E-state index in [9.17, 15) is 9.90 Å². The van der Waals surface area contributed by atoms with Crippen LogP contribution in [0.4, 0.5) is 5.69 Å². The lowest BCUT2D eigenvalue weighted by atomic mass is 9.79. The van der Waals surface area contributed by atoms with Gasteiger partial charge in [0, 0.05) is 15.9 Å². The largest absolute Gasteiger partial charge is 0.479 e. The standard InChI is InChI=1S/C14H18BrNO2S/c1-13(2)7-14(12(17)18,9-19-8-13)16-11-5-3-4-10(15)6-11/h3-6,16H,7-9H2,1-2H3,(H,17,18). The molecule has 1 aromatic carbocycles. The highest BCUT2D eigenvalue weighted by atomic mass is 79.9. The first-order valence-corrected chi connectivity index (χ1v) is 8.13. The molecule has 1 heterocycles. The van der Waals surface area contributed by atoms with Gasteiger partial charge in [-0.25, -0.2) is 4.79 Å². The van der Waals surface area contributed by atoms with Crippen molar-refractivity contribution in [3.05, 3.63) is 28.7 Å². The zero-order valence-corrected chi connectivity index (χ0v) is 13.5. The number of hydrogen-bond donors (Lipinski definition) is 2. The van der Waals surface area contributed by atoms with Gasteiger partial charge >= 0.3 is 5.97 Å². The van der Waals surface area contributed by atoms with Crippen molar-refractivity contribution >= 4 is 39.3 Å². The molecule has 0 spiro atoms. The van der Waals surface area contributed by atoms with E-state index < -0.39 is 11.5 Å². The van der Waals surface area contributed by atoms with Crippen LogP contribution in [0.2, 0.25) is 0 Å². The number of carboxylic acid groups (broad SMARTS) is 1. The summed E-state index contributed by atoms with van der Waals surface area (Å²) in [6, 6.07) is 7.65. The summed E-state index contributed by atoms with van der Waals surface area (Å²) in [5.41, 5.74) is -0.0110. The van der Waals surface area contributed by atoms with Crippen LogP contribution in [0.5, 0.6) is 0 Å². The molecule has 1 aliphatic rings. The van der Waals surface area contributed by atoms with Crippen LogP contribution in [0.25, 0.3) is 0 Å². The molecule has 1 aromatic rings. The van der Waals surface area contributed by atoms with Gasteiger partial charge in [0.2, 0.25) is 0 Å². The Morgan fingerprint density at radius 1 is 1.42 bits per heavy atom. The molecule has 1 fully saturated rings. The highest BCUT2D eigenvalue weighted by Crippen LogP contribution is 2.41. The number of carbonyl (C=O) groups is 1. The molecule has 0 aromatic heterocycles. The predicted molar refractivity (Wildman–Crippen MR) is 83.9 cm³/mol. The van der Waals surface area contributed by atoms with E-state index in [2.05, 4.69) is 35.1 Å². The zero-order valence-electron chi connectivity index (χ0n) is 11.1. The Bertz CT molecular complexity index is 492. The number of rotatable bonds is 3. The van der Waals surface area contributed by atoms with Crippen LogP contribution >= 0.6 is 27.7 Å². The van der Waals surface area contributed by atoms with E-state index in [1.165, 1.54) is 0 Å². The van der Waals surface area contributed by atoms with E-state index in [1.807, 2.05) is 24.3 Å². The van der Waals surface area contributed by atoms with Crippen molar-refractivity contribution in [2.24, 2.45) is 5.41 Å². The predicted octanol–water partition coefficient (Wildman–Crippen LogP) is 3.85. The molecule has 104 valence electrons. The van der Waals surface area contributed by atoms with E-state index in [0.717, 1.165) is 15.9 Å². The summed E-state index contributed by atoms with van der Waals surface area (Å²) in [6.07, 6.45) is 0.634. The highest BCUT2D eigenvalue weighted by molar-refractivity contribution is 9.10. The average molecular weight is 344 g/mol. The number of thioether (sulfide) groups is 1. The summed E-state index contributed by atoms with van der Waals surface area (Å²) < 4.78 is 0.945. The smallest absolute Gasteiger partial charge is 0.330 e. The van der Waals surface area contributed by atoms with Gasteiger partial charge in [0.1, 0.15) is 5.54 Å². The Balaban J connectivity index is 2.28. The number of aliphatic carboxylic acids is 1. The van der Waals surface area contributed by atoms with Gasteiger partial charge in [0.25, 0.3) is 0 Å². The summed E-state index contributed by atoms with van der Waals surface area (Å²) in [5, 5.41) is 12.9. The maximum atomic E-state index is 11.8. The molecule has 5 heteroatoms. The Morgan fingerprint density at radius 3 is 2.74 bits per heavy atom. The van der Waals surface area contributed by atoms with Gasteiger partial charge in [0.15, 0.2) is 0 Å². The fourth-order valence-electron chi connectivity index (χ4n) is 2.53. The minimum atomic E-state index is -0.882. The van der Waals surface area contributed by atoms with E-state index in [4.69, 9.17) is 0 Å². The van der Waals surface area contributed by atoms with Crippen molar-refractivity contribution in [2.75, 3.05) is 16.8 Å². The van der Waals surface area contributed by atoms with Gasteiger partial charge in [-0.3, -0.25) is 0 Å². The summed E-state index contributed by atoms with van der Waals surface area (Å²) in [7, 11) is 0. The monoisotopic (exact) mass is 343 g/mol. The molecule has 0 aliphatic carbocycles. The third-order valence-electron chi connectivity index (χ3n) is 3.24. The molecule has 1 saturated heterocycles. The van der Waals surface area contributed by atoms with Gasteiger partial charge in [-0.15, -0.1) is 0 Å². The Hall–Kier alpha value is -0.680. The first kappa shape index (κ1) is 14.7. The number of halogens is 1. The van der Waals surface area contributed by atoms with Crippen molar-refractivity contribution in [1.29, 1.82) is 0 Å². The van der Waals surface area contributed by atoms with Crippen molar-refractivity contribution in [3.63, 3.8) is 0 Å². The van der Waals surface area contributed by atoms with Crippen LogP contribution in [0.1, 0.15) is 20.3 Å². The highest BCUT2D eigenvalue weighted by Gasteiger charge is 2.46. The molecule has 0 amide bonds. The minimum absolute atomic E-state index is 0.0281. The molecule has 1 unspecified atom stereocenters. The first-order chi connectivity index (χ1) is 8.83. The molecular formula is C14H18BrNO2S. The molecular weight excluding hydrogens is 326 g/mol. The normalized spacial score (nSPS) is 25.8. The summed E-state index contributed by atoms with van der Waals surface area (Å²) in [6.45, 7) is 4.25. The van der Waals surface area contributed by atoms with E-state index >= 15 is 0 Å². The third-order valence-corrected chi connectivity index (χ3v) is 5.41. The quantitative estimate of drug-likeness (QED) is 0.875. The second-order valence-electron chi connectivity index (χ2n) is 5.86. The van der Waals surface area contributed by atoms with Crippen molar-refractivity contribution in [2.45, 2.75) is 25.8 Å². The minimum Gasteiger partial charge on any atom is -0.479 e. The number of hydrogen-bond acceptors (Lipinski definition) is 3. The third kappa shape index (κ3) is 3.45. The average Bonchev–Trinajstić information content (AvgIpc) is 2.27. The molecule has 0 saturated carbocycles. The molecule has 2 rings (SSSR count). The molecule has 1 aliphatic heterocycles. The second-order valence-corrected chi connectivity index (χ2v) is 7.76. The molecule has 2 N–H and O–H groups in total. The van der Waals surface area contributed by atoms with E-state index in [1.54, 1.807) is 11.8 Å². The van der Waals surface area contributed by atoms with Crippen LogP contribution in [-0.4, -0.2) is 28.1 Å². The first-order valence-electron chi connectivity index (χ1n) is 6.18. The van der Waals surface area contributed by atoms with E-state index in [0.29, 0.717) is 12.2 Å². The Labute approximate surface area is 126 Å². The molecule has 19 heavy (non-hydrogen) atoms. The number of nitrogens with one attached hydrogen (secondary N) is 1. The van der Waals surface area contributed by atoms with Gasteiger partial charge in [-0.05, 0) is 35.8 Å². The number of benzene rings is 1. The van der Waals surface area contributed by atoms with Crippen molar-refractivity contribution in [3.8, 4) is 0 Å². The Morgan fingerprint density at radius 2 is 2.16 bits per heavy atom. The topological polar surface area (TPSA) is 49.3 Å². The van der Waals surface area contributed by atoms with Crippen molar-refractivity contribution < 1.29 is 9.90 Å². The van der Waals surface area contributed by atoms with Gasteiger partial charge < -0.3 is 10.4 Å². The lowest BCUT2D eigenvalue weighted by Crippen LogP contribution is -2.54. The lowest BCUT2D eigenvalue weighted by molar-refractivity contribution is -0.142. The molecule has 0 radical (unpaired) electrons. The van der Waals surface area contributed by atoms with Gasteiger partial charge in [-0.1, -0.05) is 35.8 Å². The fraction of sp³-hybridized carbons (Fsp3) is 0.500. The maximum Gasteiger partial charge on any atom is 0.330 e. The van der Waals surface area contributed by atoms with Crippen molar-refractivity contribution in [1.82, 2.24) is 0 Å². The fourth-order valence-corrected chi connectivity index (χ4v) is 4.34. The van der Waals surface area contributed by atoms with Crippen LogP contribution in [0, 0.1) is 5.41 Å². The van der Waals surface area contributed by atoms with Gasteiger partial charge in [-0.2, -0.15) is 11.8 Å². The Kier molecular flexibility index (Phi) is 4.16. The van der Waals surface area contributed by atoms with Crippen LogP contribution in [0.15, 0.2) is 28.7 Å². The van der Waals surface area contributed by atoms with Gasteiger partial charge in [0.05, 0.1) is 0 Å². The van der Waals surface area contributed by atoms with Crippen LogP contribution < -0.4 is 5.32 Å². The molecule has 1 atom stereocenters.